The molecule has 1 saturated heterocycles. The van der Waals surface area contributed by atoms with E-state index in [4.69, 9.17) is 4.74 Å². The number of hydrogen-bond donors (Lipinski definition) is 1. The van der Waals surface area contributed by atoms with Gasteiger partial charge in [0.15, 0.2) is 0 Å². The van der Waals surface area contributed by atoms with Crippen molar-refractivity contribution in [2.24, 2.45) is 0 Å². The summed E-state index contributed by atoms with van der Waals surface area (Å²) < 4.78 is 24.4. The lowest BCUT2D eigenvalue weighted by atomic mass is 10.0. The third kappa shape index (κ3) is 7.97. The van der Waals surface area contributed by atoms with E-state index in [1.807, 2.05) is 72.7 Å². The molecule has 1 aromatic heterocycles. The van der Waals surface area contributed by atoms with Gasteiger partial charge in [0, 0.05) is 56.6 Å². The molecule has 0 bridgehead atoms. The van der Waals surface area contributed by atoms with Gasteiger partial charge in [-0.15, -0.1) is 0 Å². The average Bonchev–Trinajstić information content (AvgIpc) is 2.82. The van der Waals surface area contributed by atoms with E-state index in [0.29, 0.717) is 5.82 Å². The fourth-order valence-electron chi connectivity index (χ4n) is 4.61. The molecule has 0 amide bonds. The Kier molecular flexibility index (Phi) is 9.75. The predicted octanol–water partition coefficient (Wildman–Crippen LogP) is 4.42. The van der Waals surface area contributed by atoms with Crippen LogP contribution in [0.3, 0.4) is 0 Å². The first kappa shape index (κ1) is 30.9. The predicted molar refractivity (Wildman–Crippen MR) is 162 cm³/mol. The number of rotatable bonds is 10. The summed E-state index contributed by atoms with van der Waals surface area (Å²) >= 11 is 0. The number of ether oxygens (including phenoxy) is 1. The summed E-state index contributed by atoms with van der Waals surface area (Å²) in [7, 11) is -1.18. The van der Waals surface area contributed by atoms with Crippen molar-refractivity contribution in [1.82, 2.24) is 14.0 Å². The van der Waals surface area contributed by atoms with Crippen LogP contribution in [0.15, 0.2) is 39.9 Å². The Bertz CT molecular complexity index is 1250. The van der Waals surface area contributed by atoms with Crippen LogP contribution in [-0.4, -0.2) is 61.3 Å². The van der Waals surface area contributed by atoms with Crippen LogP contribution in [0.25, 0.3) is 0 Å². The molecule has 1 aromatic carbocycles. The van der Waals surface area contributed by atoms with Gasteiger partial charge in [-0.2, -0.15) is 0 Å². The molecule has 0 saturated carbocycles. The SMILES string of the molecule is CC(C)n1c(N2CCN(CCC(C)(C)Oc3ccc(NS(=O)C(C)(C)C)cc3)CC2)cc(=O)n(C(C)C)c1=O. The Balaban J connectivity index is 1.57. The Morgan fingerprint density at radius 3 is 1.97 bits per heavy atom. The quantitative estimate of drug-likeness (QED) is 0.462. The highest BCUT2D eigenvalue weighted by Gasteiger charge is 2.26. The van der Waals surface area contributed by atoms with Crippen molar-refractivity contribution in [3.05, 3.63) is 51.2 Å². The van der Waals surface area contributed by atoms with Gasteiger partial charge in [0.2, 0.25) is 0 Å². The number of nitrogens with one attached hydrogen (secondary N) is 1. The molecule has 1 aliphatic heterocycles. The molecule has 9 nitrogen and oxygen atoms in total. The maximum Gasteiger partial charge on any atom is 0.333 e. The number of piperazine rings is 1. The lowest BCUT2D eigenvalue weighted by molar-refractivity contribution is 0.0821. The minimum atomic E-state index is -1.18. The van der Waals surface area contributed by atoms with Crippen LogP contribution in [0, 0.1) is 0 Å². The second-order valence-corrected chi connectivity index (χ2v) is 14.5. The lowest BCUT2D eigenvalue weighted by Crippen LogP contribution is -2.51. The van der Waals surface area contributed by atoms with E-state index in [9.17, 15) is 13.8 Å². The smallest absolute Gasteiger partial charge is 0.333 e. The third-order valence-electron chi connectivity index (χ3n) is 6.92. The fraction of sp³-hybridized carbons (Fsp3) is 0.655. The van der Waals surface area contributed by atoms with Crippen LogP contribution in [0.2, 0.25) is 0 Å². The van der Waals surface area contributed by atoms with Crippen LogP contribution in [0.5, 0.6) is 5.75 Å². The van der Waals surface area contributed by atoms with Crippen LogP contribution in [0.1, 0.15) is 80.8 Å². The van der Waals surface area contributed by atoms with E-state index in [1.54, 1.807) is 10.6 Å². The monoisotopic (exact) mass is 561 g/mol. The molecule has 2 heterocycles. The highest BCUT2D eigenvalue weighted by molar-refractivity contribution is 7.87. The number of aromatic nitrogens is 2. The molecule has 39 heavy (non-hydrogen) atoms. The van der Waals surface area contributed by atoms with Crippen molar-refractivity contribution in [3.63, 3.8) is 0 Å². The first-order valence-corrected chi connectivity index (χ1v) is 15.1. The molecule has 1 atom stereocenters. The van der Waals surface area contributed by atoms with Gasteiger partial charge in [-0.05, 0) is 93.0 Å². The molecular formula is C29H47N5O4S. The zero-order valence-corrected chi connectivity index (χ0v) is 25.9. The Morgan fingerprint density at radius 1 is 0.897 bits per heavy atom. The molecule has 3 rings (SSSR count). The summed E-state index contributed by atoms with van der Waals surface area (Å²) in [4.78, 5) is 30.4. The largest absolute Gasteiger partial charge is 0.488 e. The highest BCUT2D eigenvalue weighted by Crippen LogP contribution is 2.25. The van der Waals surface area contributed by atoms with Gasteiger partial charge in [0.1, 0.15) is 28.2 Å². The zero-order valence-electron chi connectivity index (χ0n) is 25.1. The van der Waals surface area contributed by atoms with Crippen molar-refractivity contribution in [2.45, 2.75) is 91.2 Å². The van der Waals surface area contributed by atoms with E-state index in [0.717, 1.165) is 50.6 Å². The van der Waals surface area contributed by atoms with E-state index in [1.165, 1.54) is 4.57 Å². The summed E-state index contributed by atoms with van der Waals surface area (Å²) in [5.41, 5.74) is -0.0416. The summed E-state index contributed by atoms with van der Waals surface area (Å²) in [6, 6.07) is 9.00. The first-order valence-electron chi connectivity index (χ1n) is 13.9. The average molecular weight is 562 g/mol. The van der Waals surface area contributed by atoms with Crippen molar-refractivity contribution < 1.29 is 8.95 Å². The molecule has 1 fully saturated rings. The minimum absolute atomic E-state index is 0.0421. The molecule has 0 spiro atoms. The van der Waals surface area contributed by atoms with Crippen molar-refractivity contribution >= 4 is 22.5 Å². The molecule has 1 unspecified atom stereocenters. The molecule has 1 N–H and O–H groups in total. The van der Waals surface area contributed by atoms with Gasteiger partial charge in [0.05, 0.1) is 4.75 Å². The molecule has 0 radical (unpaired) electrons. The van der Waals surface area contributed by atoms with Crippen LogP contribution in [0.4, 0.5) is 11.5 Å². The molecular weight excluding hydrogens is 514 g/mol. The van der Waals surface area contributed by atoms with Crippen LogP contribution in [-0.2, 0) is 11.0 Å². The standard InChI is InChI=1S/C29H47N5O4S/c1-21(2)33-25(20-26(35)34(22(3)4)27(33)36)32-18-16-31(17-19-32)15-14-29(8,9)38-24-12-10-23(11-13-24)30-39(37)28(5,6)7/h10-13,20-22,30H,14-19H2,1-9H3. The Labute approximate surface area is 235 Å². The number of benzene rings is 1. The van der Waals surface area contributed by atoms with Gasteiger partial charge in [0.25, 0.3) is 5.56 Å². The van der Waals surface area contributed by atoms with Gasteiger partial charge >= 0.3 is 5.69 Å². The van der Waals surface area contributed by atoms with E-state index < -0.39 is 11.0 Å². The highest BCUT2D eigenvalue weighted by atomic mass is 32.2. The topological polar surface area (TPSA) is 88.8 Å². The Hall–Kier alpha value is -2.59. The fourth-order valence-corrected chi connectivity index (χ4v) is 5.27. The molecule has 218 valence electrons. The first-order chi connectivity index (χ1) is 18.1. The Morgan fingerprint density at radius 2 is 1.46 bits per heavy atom. The maximum atomic E-state index is 13.1. The van der Waals surface area contributed by atoms with E-state index in [2.05, 4.69) is 28.4 Å². The number of hydrogen-bond acceptors (Lipinski definition) is 6. The number of nitrogens with zero attached hydrogens (tertiary/aromatic N) is 4. The maximum absolute atomic E-state index is 13.1. The summed E-state index contributed by atoms with van der Waals surface area (Å²) in [6.07, 6.45) is 0.849. The summed E-state index contributed by atoms with van der Waals surface area (Å²) in [6.45, 7) is 21.8. The van der Waals surface area contributed by atoms with Crippen molar-refractivity contribution in [3.8, 4) is 5.75 Å². The van der Waals surface area contributed by atoms with E-state index >= 15 is 0 Å². The summed E-state index contributed by atoms with van der Waals surface area (Å²) in [5, 5.41) is 0. The molecule has 1 aliphatic rings. The second kappa shape index (κ2) is 12.3. The van der Waals surface area contributed by atoms with Gasteiger partial charge in [-0.25, -0.2) is 9.00 Å². The van der Waals surface area contributed by atoms with E-state index in [-0.39, 0.29) is 33.7 Å². The van der Waals surface area contributed by atoms with Crippen LogP contribution >= 0.6 is 0 Å². The zero-order chi connectivity index (χ0) is 29.1. The molecule has 2 aromatic rings. The van der Waals surface area contributed by atoms with Gasteiger partial charge in [-0.3, -0.25) is 18.8 Å². The second-order valence-electron chi connectivity index (χ2n) is 12.5. The van der Waals surface area contributed by atoms with Crippen molar-refractivity contribution in [2.75, 3.05) is 42.3 Å². The molecule has 10 heteroatoms. The van der Waals surface area contributed by atoms with Crippen LogP contribution < -0.4 is 25.6 Å². The third-order valence-corrected chi connectivity index (χ3v) is 8.46. The minimum Gasteiger partial charge on any atom is -0.488 e. The molecule has 0 aliphatic carbocycles. The summed E-state index contributed by atoms with van der Waals surface area (Å²) in [5.74, 6) is 1.49. The lowest BCUT2D eigenvalue weighted by Gasteiger charge is -2.38. The van der Waals surface area contributed by atoms with Crippen molar-refractivity contribution in [1.29, 1.82) is 0 Å². The number of anilines is 2. The van der Waals surface area contributed by atoms with Gasteiger partial charge in [-0.1, -0.05) is 0 Å². The normalized spacial score (nSPS) is 16.1. The van der Waals surface area contributed by atoms with Gasteiger partial charge < -0.3 is 14.4 Å².